The summed E-state index contributed by atoms with van der Waals surface area (Å²) < 4.78 is 0. The molecule has 1 aliphatic carbocycles. The number of nitrogens with one attached hydrogen (secondary N) is 1. The molecule has 1 saturated carbocycles. The number of rotatable bonds is 3. The number of urea groups is 1. The molecule has 2 saturated heterocycles. The van der Waals surface area contributed by atoms with E-state index in [-0.39, 0.29) is 17.9 Å². The van der Waals surface area contributed by atoms with Crippen LogP contribution < -0.4 is 5.32 Å². The maximum atomic E-state index is 13.2. The summed E-state index contributed by atoms with van der Waals surface area (Å²) in [4.78, 5) is 29.5. The molecule has 5 heteroatoms. The topological polar surface area (TPSA) is 52.7 Å². The SMILES string of the molecule is CC1(C2CCCCCCCCCCC2)NC(=O)N(CN2CCCC2)C1=O. The van der Waals surface area contributed by atoms with Crippen molar-refractivity contribution in [2.45, 2.75) is 95.9 Å². The van der Waals surface area contributed by atoms with Crippen molar-refractivity contribution >= 4 is 11.9 Å². The van der Waals surface area contributed by atoms with Crippen molar-refractivity contribution in [3.63, 3.8) is 0 Å². The minimum Gasteiger partial charge on any atom is -0.323 e. The van der Waals surface area contributed by atoms with Crippen molar-refractivity contribution in [1.29, 1.82) is 0 Å². The molecule has 148 valence electrons. The highest BCUT2D eigenvalue weighted by atomic mass is 16.2. The fourth-order valence-corrected chi connectivity index (χ4v) is 4.99. The Bertz CT molecular complexity index is 478. The second kappa shape index (κ2) is 9.20. The number of nitrogens with zero attached hydrogens (tertiary/aromatic N) is 2. The molecule has 0 aromatic carbocycles. The molecule has 3 rings (SSSR count). The molecule has 0 aromatic rings. The van der Waals surface area contributed by atoms with Crippen LogP contribution in [0.3, 0.4) is 0 Å². The van der Waals surface area contributed by atoms with Crippen LogP contribution in [-0.2, 0) is 4.79 Å². The van der Waals surface area contributed by atoms with Crippen LogP contribution in [0.2, 0.25) is 0 Å². The van der Waals surface area contributed by atoms with Crippen LogP contribution in [0.4, 0.5) is 4.79 Å². The van der Waals surface area contributed by atoms with Crippen molar-refractivity contribution < 1.29 is 9.59 Å². The molecule has 1 N–H and O–H groups in total. The first-order valence-corrected chi connectivity index (χ1v) is 11.0. The highest BCUT2D eigenvalue weighted by Gasteiger charge is 2.52. The zero-order chi connectivity index (χ0) is 18.4. The van der Waals surface area contributed by atoms with Gasteiger partial charge in [0.25, 0.3) is 5.91 Å². The van der Waals surface area contributed by atoms with Gasteiger partial charge in [-0.1, -0.05) is 57.8 Å². The third-order valence-corrected chi connectivity index (χ3v) is 6.76. The Morgan fingerprint density at radius 2 is 1.35 bits per heavy atom. The lowest BCUT2D eigenvalue weighted by atomic mass is 9.78. The summed E-state index contributed by atoms with van der Waals surface area (Å²) in [5.41, 5.74) is -0.707. The van der Waals surface area contributed by atoms with Crippen LogP contribution in [0.1, 0.15) is 90.4 Å². The average Bonchev–Trinajstić information content (AvgIpc) is 3.19. The third kappa shape index (κ3) is 4.59. The second-order valence-corrected chi connectivity index (χ2v) is 8.79. The maximum absolute atomic E-state index is 13.2. The number of hydrogen-bond acceptors (Lipinski definition) is 3. The van der Waals surface area contributed by atoms with Crippen LogP contribution in [0.25, 0.3) is 0 Å². The molecule has 0 aromatic heterocycles. The summed E-state index contributed by atoms with van der Waals surface area (Å²) >= 11 is 0. The number of imide groups is 1. The molecule has 2 heterocycles. The molecule has 5 nitrogen and oxygen atoms in total. The average molecular weight is 364 g/mol. The minimum atomic E-state index is -0.707. The quantitative estimate of drug-likeness (QED) is 0.762. The standard InChI is InChI=1S/C21H37N3O2/c1-21(18-13-9-7-5-3-2-4-6-8-10-14-18)19(25)24(20(26)22-21)17-23-15-11-12-16-23/h18H,2-17H2,1H3,(H,22,26). The van der Waals surface area contributed by atoms with E-state index in [0.717, 1.165) is 25.9 Å². The normalized spacial score (nSPS) is 30.9. The van der Waals surface area contributed by atoms with E-state index in [9.17, 15) is 9.59 Å². The molecular weight excluding hydrogens is 326 g/mol. The first-order valence-electron chi connectivity index (χ1n) is 11.0. The fraction of sp³-hybridized carbons (Fsp3) is 0.905. The molecule has 1 unspecified atom stereocenters. The summed E-state index contributed by atoms with van der Waals surface area (Å²) in [5, 5.41) is 3.10. The van der Waals surface area contributed by atoms with Gasteiger partial charge in [0.1, 0.15) is 5.54 Å². The van der Waals surface area contributed by atoms with Crippen molar-refractivity contribution in [2.75, 3.05) is 19.8 Å². The first-order chi connectivity index (χ1) is 12.6. The van der Waals surface area contributed by atoms with Gasteiger partial charge in [-0.05, 0) is 51.6 Å². The third-order valence-electron chi connectivity index (χ3n) is 6.76. The smallest absolute Gasteiger partial charge is 0.323 e. The lowest BCUT2D eigenvalue weighted by Gasteiger charge is -2.32. The van der Waals surface area contributed by atoms with Crippen molar-refractivity contribution in [1.82, 2.24) is 15.1 Å². The monoisotopic (exact) mass is 363 g/mol. The number of likely N-dealkylation sites (tertiary alicyclic amines) is 1. The van der Waals surface area contributed by atoms with E-state index in [4.69, 9.17) is 0 Å². The van der Waals surface area contributed by atoms with Gasteiger partial charge in [0.2, 0.25) is 0 Å². The molecule has 3 fully saturated rings. The van der Waals surface area contributed by atoms with Crippen molar-refractivity contribution in [3.05, 3.63) is 0 Å². The van der Waals surface area contributed by atoms with Crippen molar-refractivity contribution in [3.8, 4) is 0 Å². The van der Waals surface area contributed by atoms with E-state index in [0.29, 0.717) is 6.67 Å². The maximum Gasteiger partial charge on any atom is 0.326 e. The Balaban J connectivity index is 1.65. The van der Waals surface area contributed by atoms with Gasteiger partial charge < -0.3 is 5.32 Å². The Morgan fingerprint density at radius 3 is 1.88 bits per heavy atom. The van der Waals surface area contributed by atoms with E-state index < -0.39 is 5.54 Å². The predicted molar refractivity (Wildman–Crippen MR) is 104 cm³/mol. The zero-order valence-electron chi connectivity index (χ0n) is 16.6. The number of carbonyl (C=O) groups excluding carboxylic acids is 2. The summed E-state index contributed by atoms with van der Waals surface area (Å²) in [7, 11) is 0. The molecule has 0 bridgehead atoms. The second-order valence-electron chi connectivity index (χ2n) is 8.79. The van der Waals surface area contributed by atoms with E-state index in [2.05, 4.69) is 10.2 Å². The lowest BCUT2D eigenvalue weighted by molar-refractivity contribution is -0.134. The molecule has 0 radical (unpaired) electrons. The highest BCUT2D eigenvalue weighted by Crippen LogP contribution is 2.34. The van der Waals surface area contributed by atoms with Crippen LogP contribution in [-0.4, -0.2) is 47.0 Å². The molecular formula is C21H37N3O2. The molecule has 2 aliphatic heterocycles. The molecule has 3 aliphatic rings. The van der Waals surface area contributed by atoms with Gasteiger partial charge in [-0.3, -0.25) is 9.69 Å². The van der Waals surface area contributed by atoms with E-state index in [1.165, 1.54) is 75.5 Å². The molecule has 26 heavy (non-hydrogen) atoms. The Morgan fingerprint density at radius 1 is 0.846 bits per heavy atom. The fourth-order valence-electron chi connectivity index (χ4n) is 4.99. The van der Waals surface area contributed by atoms with Crippen molar-refractivity contribution in [2.24, 2.45) is 5.92 Å². The van der Waals surface area contributed by atoms with Gasteiger partial charge in [-0.25, -0.2) is 9.69 Å². The van der Waals surface area contributed by atoms with Gasteiger partial charge >= 0.3 is 6.03 Å². The Labute approximate surface area is 158 Å². The summed E-state index contributed by atoms with van der Waals surface area (Å²) in [6.45, 7) is 4.44. The predicted octanol–water partition coefficient (Wildman–Crippen LogP) is 4.27. The van der Waals surface area contributed by atoms with Gasteiger partial charge in [-0.15, -0.1) is 0 Å². The molecule has 0 spiro atoms. The number of amides is 3. The van der Waals surface area contributed by atoms with E-state index in [1.807, 2.05) is 6.92 Å². The molecule has 3 amide bonds. The summed E-state index contributed by atoms with van der Waals surface area (Å²) in [6, 6.07) is -0.185. The van der Waals surface area contributed by atoms with Crippen LogP contribution in [0.15, 0.2) is 0 Å². The lowest BCUT2D eigenvalue weighted by Crippen LogP contribution is -2.51. The zero-order valence-corrected chi connectivity index (χ0v) is 16.6. The van der Waals surface area contributed by atoms with Gasteiger partial charge in [0, 0.05) is 0 Å². The highest BCUT2D eigenvalue weighted by molar-refractivity contribution is 6.06. The van der Waals surface area contributed by atoms with E-state index in [1.54, 1.807) is 0 Å². The van der Waals surface area contributed by atoms with Crippen LogP contribution >= 0.6 is 0 Å². The number of hydrogen-bond donors (Lipinski definition) is 1. The Hall–Kier alpha value is -1.10. The Kier molecular flexibility index (Phi) is 6.96. The molecule has 1 atom stereocenters. The van der Waals surface area contributed by atoms with E-state index >= 15 is 0 Å². The minimum absolute atomic E-state index is 0.00601. The van der Waals surface area contributed by atoms with Crippen LogP contribution in [0.5, 0.6) is 0 Å². The number of carbonyl (C=O) groups is 2. The summed E-state index contributed by atoms with van der Waals surface area (Å²) in [5.74, 6) is 0.272. The van der Waals surface area contributed by atoms with Gasteiger partial charge in [-0.2, -0.15) is 0 Å². The van der Waals surface area contributed by atoms with Gasteiger partial charge in [0.15, 0.2) is 0 Å². The largest absolute Gasteiger partial charge is 0.326 e. The van der Waals surface area contributed by atoms with Gasteiger partial charge in [0.05, 0.1) is 6.67 Å². The van der Waals surface area contributed by atoms with Crippen LogP contribution in [0, 0.1) is 5.92 Å². The first kappa shape index (κ1) is 19.7. The summed E-state index contributed by atoms with van der Waals surface area (Å²) in [6.07, 6.45) is 16.0.